The zero-order valence-corrected chi connectivity index (χ0v) is 15.7. The first-order valence-electron chi connectivity index (χ1n) is 9.09. The molecule has 2 atom stereocenters. The summed E-state index contributed by atoms with van der Waals surface area (Å²) in [7, 11) is 0. The number of rotatable bonds is 11. The third-order valence-corrected chi connectivity index (χ3v) is 4.58. The summed E-state index contributed by atoms with van der Waals surface area (Å²) in [6.45, 7) is 11.3. The van der Waals surface area contributed by atoms with Crippen LogP contribution in [0, 0.1) is 0 Å². The molecule has 1 rings (SSSR count). The van der Waals surface area contributed by atoms with E-state index in [0.717, 1.165) is 38.5 Å². The highest BCUT2D eigenvalue weighted by atomic mass is 16.5. The monoisotopic (exact) mass is 321 g/mol. The van der Waals surface area contributed by atoms with Crippen LogP contribution in [0.15, 0.2) is 23.3 Å². The second-order valence-corrected chi connectivity index (χ2v) is 7.31. The van der Waals surface area contributed by atoms with Gasteiger partial charge in [-0.25, -0.2) is 0 Å². The molecule has 23 heavy (non-hydrogen) atoms. The van der Waals surface area contributed by atoms with Crippen LogP contribution in [0.2, 0.25) is 0 Å². The van der Waals surface area contributed by atoms with E-state index in [9.17, 15) is 4.79 Å². The number of nitrogens with one attached hydrogen (secondary N) is 1. The van der Waals surface area contributed by atoms with Gasteiger partial charge in [0, 0.05) is 12.0 Å². The molecule has 132 valence electrons. The molecule has 1 aliphatic heterocycles. The Hall–Kier alpha value is -1.09. The smallest absolute Gasteiger partial charge is 0.305 e. The van der Waals surface area contributed by atoms with E-state index in [0.29, 0.717) is 19.1 Å². The van der Waals surface area contributed by atoms with E-state index in [-0.39, 0.29) is 11.5 Å². The topological polar surface area (TPSA) is 48.2 Å². The van der Waals surface area contributed by atoms with Gasteiger partial charge in [-0.15, -0.1) is 0 Å². The van der Waals surface area contributed by atoms with Crippen LogP contribution in [-0.2, 0) is 9.53 Å². The number of esters is 1. The number of hydrogen-bond donors (Lipinski definition) is 1. The third kappa shape index (κ3) is 8.36. The van der Waals surface area contributed by atoms with Crippen molar-refractivity contribution < 1.29 is 9.53 Å². The summed E-state index contributed by atoms with van der Waals surface area (Å²) in [6.07, 6.45) is 11.6. The van der Waals surface area contributed by atoms with Gasteiger partial charge in [0.15, 0.2) is 0 Å². The number of hydrogen-bond acceptors (Lipinski definition) is 3. The fourth-order valence-electron chi connectivity index (χ4n) is 2.71. The quantitative estimate of drug-likeness (QED) is 0.334. The molecular formula is C20H35NO2. The molecule has 0 aromatic carbocycles. The van der Waals surface area contributed by atoms with Crippen molar-refractivity contribution >= 4 is 5.97 Å². The summed E-state index contributed by atoms with van der Waals surface area (Å²) in [5.74, 6) is -0.0575. The van der Waals surface area contributed by atoms with Crippen molar-refractivity contribution in [3.05, 3.63) is 23.3 Å². The van der Waals surface area contributed by atoms with Crippen molar-refractivity contribution in [3.8, 4) is 0 Å². The molecule has 0 bridgehead atoms. The minimum atomic E-state index is -0.0575. The van der Waals surface area contributed by atoms with Crippen molar-refractivity contribution in [2.75, 3.05) is 6.61 Å². The Balaban J connectivity index is 2.18. The normalized spacial score (nSPS) is 23.5. The lowest BCUT2D eigenvalue weighted by molar-refractivity contribution is -0.143. The van der Waals surface area contributed by atoms with Crippen LogP contribution in [0.25, 0.3) is 0 Å². The van der Waals surface area contributed by atoms with Crippen molar-refractivity contribution in [2.45, 2.75) is 91.1 Å². The molecule has 0 saturated carbocycles. The van der Waals surface area contributed by atoms with E-state index >= 15 is 0 Å². The molecule has 0 aromatic rings. The average Bonchev–Trinajstić information content (AvgIpc) is 3.13. The van der Waals surface area contributed by atoms with E-state index < -0.39 is 0 Å². The number of unbranched alkanes of at least 4 members (excludes halogenated alkanes) is 1. The molecule has 0 radical (unpaired) electrons. The van der Waals surface area contributed by atoms with Gasteiger partial charge in [0.25, 0.3) is 0 Å². The Morgan fingerprint density at radius 1 is 1.17 bits per heavy atom. The number of carbonyl (C=O) groups excluding carboxylic acids is 1. The van der Waals surface area contributed by atoms with E-state index in [1.54, 1.807) is 0 Å². The zero-order chi connectivity index (χ0) is 17.3. The van der Waals surface area contributed by atoms with Crippen LogP contribution in [0.1, 0.15) is 79.6 Å². The Morgan fingerprint density at radius 3 is 2.57 bits per heavy atom. The van der Waals surface area contributed by atoms with Gasteiger partial charge in [0.2, 0.25) is 0 Å². The van der Waals surface area contributed by atoms with E-state index in [4.69, 9.17) is 4.74 Å². The van der Waals surface area contributed by atoms with Gasteiger partial charge in [-0.3, -0.25) is 4.79 Å². The van der Waals surface area contributed by atoms with Crippen LogP contribution in [-0.4, -0.2) is 24.2 Å². The maximum Gasteiger partial charge on any atom is 0.305 e. The Bertz CT molecular complexity index is 435. The average molecular weight is 322 g/mol. The first kappa shape index (κ1) is 20.0. The number of ether oxygens (including phenoxy) is 1. The highest BCUT2D eigenvalue weighted by molar-refractivity contribution is 5.69. The second-order valence-electron chi connectivity index (χ2n) is 7.31. The number of allylic oxidation sites excluding steroid dienone is 4. The van der Waals surface area contributed by atoms with Gasteiger partial charge >= 0.3 is 5.97 Å². The third-order valence-electron chi connectivity index (χ3n) is 4.58. The first-order valence-corrected chi connectivity index (χ1v) is 9.09. The highest BCUT2D eigenvalue weighted by Crippen LogP contribution is 2.31. The van der Waals surface area contributed by atoms with Crippen molar-refractivity contribution in [1.29, 1.82) is 0 Å². The fraction of sp³-hybridized carbons (Fsp3) is 0.750. The molecule has 1 heterocycles. The standard InChI is InChI=1S/C20H35NO2/c1-6-7-13-19(22)23-15-18-20(5,21-18)14-9-12-17(4)11-8-10-16(2)3/h10,12,18,21H,6-9,11,13-15H2,1-5H3/b17-12+/t18-,20-/m0/s1. The summed E-state index contributed by atoms with van der Waals surface area (Å²) >= 11 is 0. The molecule has 0 amide bonds. The Kier molecular flexibility index (Phi) is 8.60. The van der Waals surface area contributed by atoms with Crippen LogP contribution in [0.4, 0.5) is 0 Å². The predicted molar refractivity (Wildman–Crippen MR) is 97.5 cm³/mol. The van der Waals surface area contributed by atoms with Gasteiger partial charge in [-0.2, -0.15) is 0 Å². The van der Waals surface area contributed by atoms with E-state index in [1.165, 1.54) is 11.1 Å². The molecule has 0 unspecified atom stereocenters. The summed E-state index contributed by atoms with van der Waals surface area (Å²) in [5, 5.41) is 3.47. The summed E-state index contributed by atoms with van der Waals surface area (Å²) in [5.41, 5.74) is 3.00. The largest absolute Gasteiger partial charge is 0.464 e. The minimum absolute atomic E-state index is 0.0575. The molecule has 1 aliphatic rings. The number of carbonyl (C=O) groups is 1. The first-order chi connectivity index (χ1) is 10.9. The van der Waals surface area contributed by atoms with Gasteiger partial charge in [-0.05, 0) is 59.8 Å². The van der Waals surface area contributed by atoms with Crippen molar-refractivity contribution in [3.63, 3.8) is 0 Å². The van der Waals surface area contributed by atoms with Crippen molar-refractivity contribution in [2.24, 2.45) is 0 Å². The summed E-state index contributed by atoms with van der Waals surface area (Å²) < 4.78 is 5.34. The molecule has 1 fully saturated rings. The van der Waals surface area contributed by atoms with Gasteiger partial charge < -0.3 is 10.1 Å². The molecule has 0 spiro atoms. The maximum absolute atomic E-state index is 11.5. The second kappa shape index (κ2) is 9.92. The van der Waals surface area contributed by atoms with Crippen molar-refractivity contribution in [1.82, 2.24) is 5.32 Å². The molecule has 3 nitrogen and oxygen atoms in total. The fourth-order valence-corrected chi connectivity index (χ4v) is 2.71. The maximum atomic E-state index is 11.5. The summed E-state index contributed by atoms with van der Waals surface area (Å²) in [4.78, 5) is 11.5. The molecule has 0 aliphatic carbocycles. The molecule has 1 saturated heterocycles. The van der Waals surface area contributed by atoms with Crippen LogP contribution < -0.4 is 5.32 Å². The lowest BCUT2D eigenvalue weighted by Gasteiger charge is -2.08. The highest BCUT2D eigenvalue weighted by Gasteiger charge is 2.48. The van der Waals surface area contributed by atoms with Crippen LogP contribution >= 0.6 is 0 Å². The summed E-state index contributed by atoms with van der Waals surface area (Å²) in [6, 6.07) is 0.326. The Labute approximate surface area is 142 Å². The molecule has 0 aromatic heterocycles. The SMILES string of the molecule is CCCCC(=O)OC[C@@H]1N[C@@]1(C)CC/C=C(\C)CCC=C(C)C. The zero-order valence-electron chi connectivity index (χ0n) is 15.7. The lowest BCUT2D eigenvalue weighted by atomic mass is 9.99. The molecular weight excluding hydrogens is 286 g/mol. The van der Waals surface area contributed by atoms with E-state index in [2.05, 4.69) is 52.1 Å². The van der Waals surface area contributed by atoms with Gasteiger partial charge in [-0.1, -0.05) is 36.6 Å². The lowest BCUT2D eigenvalue weighted by Crippen LogP contribution is -2.16. The molecule has 3 heteroatoms. The van der Waals surface area contributed by atoms with E-state index in [1.807, 2.05) is 0 Å². The van der Waals surface area contributed by atoms with Crippen LogP contribution in [0.3, 0.4) is 0 Å². The predicted octanol–water partition coefficient (Wildman–Crippen LogP) is 4.92. The minimum Gasteiger partial charge on any atom is -0.464 e. The van der Waals surface area contributed by atoms with Gasteiger partial charge in [0.05, 0.1) is 6.04 Å². The molecule has 1 N–H and O–H groups in total. The Morgan fingerprint density at radius 2 is 1.91 bits per heavy atom. The van der Waals surface area contributed by atoms with Crippen LogP contribution in [0.5, 0.6) is 0 Å². The van der Waals surface area contributed by atoms with Gasteiger partial charge in [0.1, 0.15) is 6.61 Å².